The van der Waals surface area contributed by atoms with Gasteiger partial charge in [0.25, 0.3) is 0 Å². The first-order valence-corrected chi connectivity index (χ1v) is 5.10. The number of benzene rings is 1. The zero-order chi connectivity index (χ0) is 11.4. The van der Waals surface area contributed by atoms with E-state index in [-0.39, 0.29) is 5.97 Å². The average Bonchev–Trinajstić information content (AvgIpc) is 2.19. The van der Waals surface area contributed by atoms with Crippen LogP contribution >= 0.6 is 0 Å². The van der Waals surface area contributed by atoms with Crippen LogP contribution in [0.2, 0.25) is 0 Å². The van der Waals surface area contributed by atoms with Gasteiger partial charge in [0.1, 0.15) is 0 Å². The molecule has 0 spiro atoms. The van der Waals surface area contributed by atoms with Crippen LogP contribution in [0.3, 0.4) is 0 Å². The van der Waals surface area contributed by atoms with E-state index in [2.05, 4.69) is 0 Å². The molecule has 3 heteroatoms. The molecule has 0 fully saturated rings. The van der Waals surface area contributed by atoms with Crippen molar-refractivity contribution >= 4 is 11.7 Å². The molecule has 0 aromatic heterocycles. The summed E-state index contributed by atoms with van der Waals surface area (Å²) in [5, 5.41) is 0. The molecular formula is C12H17NO2. The second-order valence-electron chi connectivity index (χ2n) is 3.68. The van der Waals surface area contributed by atoms with Gasteiger partial charge in [-0.3, -0.25) is 0 Å². The molecule has 1 aromatic rings. The third-order valence-corrected chi connectivity index (χ3v) is 2.19. The van der Waals surface area contributed by atoms with Gasteiger partial charge in [0.15, 0.2) is 0 Å². The van der Waals surface area contributed by atoms with Crippen molar-refractivity contribution in [1.82, 2.24) is 0 Å². The maximum atomic E-state index is 11.6. The molecule has 15 heavy (non-hydrogen) atoms. The summed E-state index contributed by atoms with van der Waals surface area (Å²) in [6.07, 6.45) is 0.816. The van der Waals surface area contributed by atoms with Crippen molar-refractivity contribution in [2.45, 2.75) is 27.2 Å². The van der Waals surface area contributed by atoms with Gasteiger partial charge in [0.05, 0.1) is 12.2 Å². The highest BCUT2D eigenvalue weighted by molar-refractivity contribution is 5.96. The van der Waals surface area contributed by atoms with Crippen molar-refractivity contribution in [3.8, 4) is 0 Å². The van der Waals surface area contributed by atoms with Gasteiger partial charge in [-0.2, -0.15) is 0 Å². The van der Waals surface area contributed by atoms with Gasteiger partial charge in [-0.1, -0.05) is 13.0 Å². The number of rotatable bonds is 3. The van der Waals surface area contributed by atoms with E-state index in [1.54, 1.807) is 6.07 Å². The molecule has 0 saturated heterocycles. The normalized spacial score (nSPS) is 10.1. The standard InChI is InChI=1S/C12H17NO2/c1-4-5-15-12(14)10-7-8(2)6-9(3)11(10)13/h6-7H,4-5,13H2,1-3H3. The molecule has 0 aliphatic carbocycles. The zero-order valence-electron chi connectivity index (χ0n) is 9.46. The Morgan fingerprint density at radius 2 is 2.07 bits per heavy atom. The number of anilines is 1. The summed E-state index contributed by atoms with van der Waals surface area (Å²) in [6.45, 7) is 6.21. The monoisotopic (exact) mass is 207 g/mol. The van der Waals surface area contributed by atoms with E-state index in [0.717, 1.165) is 17.5 Å². The predicted molar refractivity (Wildman–Crippen MR) is 60.9 cm³/mol. The summed E-state index contributed by atoms with van der Waals surface area (Å²) in [5.41, 5.74) is 8.75. The van der Waals surface area contributed by atoms with Crippen LogP contribution < -0.4 is 5.73 Å². The molecule has 0 aliphatic heterocycles. The van der Waals surface area contributed by atoms with E-state index in [1.807, 2.05) is 26.8 Å². The number of hydrogen-bond acceptors (Lipinski definition) is 3. The van der Waals surface area contributed by atoms with Crippen molar-refractivity contribution in [3.63, 3.8) is 0 Å². The molecule has 1 aromatic carbocycles. The minimum Gasteiger partial charge on any atom is -0.462 e. The van der Waals surface area contributed by atoms with Crippen LogP contribution in [0.15, 0.2) is 12.1 Å². The van der Waals surface area contributed by atoms with Crippen LogP contribution in [0.1, 0.15) is 34.8 Å². The quantitative estimate of drug-likeness (QED) is 0.612. The third-order valence-electron chi connectivity index (χ3n) is 2.19. The fraction of sp³-hybridized carbons (Fsp3) is 0.417. The first-order valence-electron chi connectivity index (χ1n) is 5.10. The first-order chi connectivity index (χ1) is 7.06. The summed E-state index contributed by atoms with van der Waals surface area (Å²) >= 11 is 0. The maximum Gasteiger partial charge on any atom is 0.340 e. The Kier molecular flexibility index (Phi) is 3.72. The summed E-state index contributed by atoms with van der Waals surface area (Å²) in [5.74, 6) is -0.332. The second-order valence-corrected chi connectivity index (χ2v) is 3.68. The second kappa shape index (κ2) is 4.82. The van der Waals surface area contributed by atoms with Gasteiger partial charge < -0.3 is 10.5 Å². The fourth-order valence-electron chi connectivity index (χ4n) is 1.42. The molecule has 0 aliphatic rings. The molecule has 0 atom stereocenters. The van der Waals surface area contributed by atoms with E-state index >= 15 is 0 Å². The van der Waals surface area contributed by atoms with Gasteiger partial charge in [0.2, 0.25) is 0 Å². The van der Waals surface area contributed by atoms with Crippen LogP contribution in [0.5, 0.6) is 0 Å². The molecule has 2 N–H and O–H groups in total. The van der Waals surface area contributed by atoms with Crippen molar-refractivity contribution in [1.29, 1.82) is 0 Å². The summed E-state index contributed by atoms with van der Waals surface area (Å²) in [7, 11) is 0. The summed E-state index contributed by atoms with van der Waals surface area (Å²) < 4.78 is 5.05. The smallest absolute Gasteiger partial charge is 0.340 e. The Bertz CT molecular complexity index is 372. The molecule has 0 saturated carbocycles. The van der Waals surface area contributed by atoms with Crippen LogP contribution in [0.25, 0.3) is 0 Å². The van der Waals surface area contributed by atoms with E-state index in [1.165, 1.54) is 0 Å². The van der Waals surface area contributed by atoms with Gasteiger partial charge in [0, 0.05) is 5.69 Å². The summed E-state index contributed by atoms with van der Waals surface area (Å²) in [4.78, 5) is 11.6. The number of carbonyl (C=O) groups excluding carboxylic acids is 1. The number of hydrogen-bond donors (Lipinski definition) is 1. The lowest BCUT2D eigenvalue weighted by molar-refractivity contribution is 0.0506. The lowest BCUT2D eigenvalue weighted by Crippen LogP contribution is -2.10. The SMILES string of the molecule is CCCOC(=O)c1cc(C)cc(C)c1N. The van der Waals surface area contributed by atoms with E-state index in [0.29, 0.717) is 17.9 Å². The lowest BCUT2D eigenvalue weighted by atomic mass is 10.0. The Morgan fingerprint density at radius 1 is 1.40 bits per heavy atom. The van der Waals surface area contributed by atoms with E-state index in [9.17, 15) is 4.79 Å². The minimum atomic E-state index is -0.332. The number of aryl methyl sites for hydroxylation is 2. The Hall–Kier alpha value is -1.51. The Labute approximate surface area is 90.2 Å². The highest BCUT2D eigenvalue weighted by Gasteiger charge is 2.12. The topological polar surface area (TPSA) is 52.3 Å². The number of esters is 1. The highest BCUT2D eigenvalue weighted by Crippen LogP contribution is 2.20. The molecule has 82 valence electrons. The lowest BCUT2D eigenvalue weighted by Gasteiger charge is -2.09. The molecule has 0 bridgehead atoms. The molecule has 0 amide bonds. The third kappa shape index (κ3) is 2.72. The van der Waals surface area contributed by atoms with Crippen molar-refractivity contribution < 1.29 is 9.53 Å². The van der Waals surface area contributed by atoms with Crippen LogP contribution in [-0.4, -0.2) is 12.6 Å². The highest BCUT2D eigenvalue weighted by atomic mass is 16.5. The molecule has 3 nitrogen and oxygen atoms in total. The zero-order valence-corrected chi connectivity index (χ0v) is 9.46. The number of nitrogen functional groups attached to an aromatic ring is 1. The first kappa shape index (κ1) is 11.6. The minimum absolute atomic E-state index is 0.332. The molecule has 1 rings (SSSR count). The van der Waals surface area contributed by atoms with Gasteiger partial charge in [-0.05, 0) is 37.5 Å². The molecule has 0 unspecified atom stereocenters. The average molecular weight is 207 g/mol. The van der Waals surface area contributed by atoms with Gasteiger partial charge >= 0.3 is 5.97 Å². The van der Waals surface area contributed by atoms with E-state index in [4.69, 9.17) is 10.5 Å². The number of nitrogens with two attached hydrogens (primary N) is 1. The molecule has 0 heterocycles. The Morgan fingerprint density at radius 3 is 2.67 bits per heavy atom. The largest absolute Gasteiger partial charge is 0.462 e. The van der Waals surface area contributed by atoms with Gasteiger partial charge in [-0.25, -0.2) is 4.79 Å². The Balaban J connectivity index is 2.98. The van der Waals surface area contributed by atoms with Crippen LogP contribution in [-0.2, 0) is 4.74 Å². The molecular weight excluding hydrogens is 190 g/mol. The number of ether oxygens (including phenoxy) is 1. The fourth-order valence-corrected chi connectivity index (χ4v) is 1.42. The predicted octanol–water partition coefficient (Wildman–Crippen LogP) is 2.45. The molecule has 0 radical (unpaired) electrons. The van der Waals surface area contributed by atoms with Crippen LogP contribution in [0.4, 0.5) is 5.69 Å². The maximum absolute atomic E-state index is 11.6. The van der Waals surface area contributed by atoms with Crippen molar-refractivity contribution in [3.05, 3.63) is 28.8 Å². The number of carbonyl (C=O) groups is 1. The van der Waals surface area contributed by atoms with Crippen molar-refractivity contribution in [2.24, 2.45) is 0 Å². The van der Waals surface area contributed by atoms with Gasteiger partial charge in [-0.15, -0.1) is 0 Å². The van der Waals surface area contributed by atoms with Crippen LogP contribution in [0, 0.1) is 13.8 Å². The summed E-state index contributed by atoms with van der Waals surface area (Å²) in [6, 6.07) is 3.71. The van der Waals surface area contributed by atoms with E-state index < -0.39 is 0 Å². The van der Waals surface area contributed by atoms with Crippen molar-refractivity contribution in [2.75, 3.05) is 12.3 Å².